The molecule has 1 heterocycles. The zero-order chi connectivity index (χ0) is 14.8. The number of nitrogens with zero attached hydrogens (tertiary/aromatic N) is 1. The number of hydrogen-bond donors (Lipinski definition) is 0. The van der Waals surface area contributed by atoms with Gasteiger partial charge in [0.05, 0.1) is 5.69 Å². The van der Waals surface area contributed by atoms with Crippen LogP contribution in [0.1, 0.15) is 25.6 Å². The van der Waals surface area contributed by atoms with E-state index >= 15 is 0 Å². The van der Waals surface area contributed by atoms with Crippen molar-refractivity contribution in [2.24, 2.45) is 0 Å². The molecule has 108 valence electrons. The number of para-hydroxylation sites is 1. The first-order valence-electron chi connectivity index (χ1n) is 7.12. The van der Waals surface area contributed by atoms with Crippen molar-refractivity contribution in [2.45, 2.75) is 26.5 Å². The first-order valence-corrected chi connectivity index (χ1v) is 7.50. The molecular formula is C18H18ClNO. The SMILES string of the molecule is CC(C)n1c(COc2ccc(Cl)cc2)cc2ccccc21. The third-order valence-electron chi connectivity index (χ3n) is 3.54. The van der Waals surface area contributed by atoms with Gasteiger partial charge in [0.2, 0.25) is 0 Å². The van der Waals surface area contributed by atoms with Crippen LogP contribution in [0.3, 0.4) is 0 Å². The Morgan fingerprint density at radius 2 is 1.76 bits per heavy atom. The lowest BCUT2D eigenvalue weighted by Crippen LogP contribution is -2.08. The summed E-state index contributed by atoms with van der Waals surface area (Å²) >= 11 is 5.89. The number of hydrogen-bond acceptors (Lipinski definition) is 1. The molecule has 0 atom stereocenters. The summed E-state index contributed by atoms with van der Waals surface area (Å²) < 4.78 is 8.21. The smallest absolute Gasteiger partial charge is 0.128 e. The van der Waals surface area contributed by atoms with Crippen LogP contribution in [0.15, 0.2) is 54.6 Å². The van der Waals surface area contributed by atoms with Crippen molar-refractivity contribution in [3.05, 3.63) is 65.3 Å². The van der Waals surface area contributed by atoms with E-state index in [9.17, 15) is 0 Å². The molecule has 0 saturated carbocycles. The lowest BCUT2D eigenvalue weighted by atomic mass is 10.2. The van der Waals surface area contributed by atoms with Gasteiger partial charge in [-0.1, -0.05) is 29.8 Å². The Hall–Kier alpha value is -1.93. The summed E-state index contributed by atoms with van der Waals surface area (Å²) in [5.41, 5.74) is 2.43. The molecule has 0 radical (unpaired) electrons. The quantitative estimate of drug-likeness (QED) is 0.624. The predicted molar refractivity (Wildman–Crippen MR) is 88.1 cm³/mol. The lowest BCUT2D eigenvalue weighted by Gasteiger charge is -2.15. The van der Waals surface area contributed by atoms with Gasteiger partial charge in [0.15, 0.2) is 0 Å². The number of rotatable bonds is 4. The first kappa shape index (κ1) is 14.0. The summed E-state index contributed by atoms with van der Waals surface area (Å²) in [5.74, 6) is 0.833. The number of halogens is 1. The highest BCUT2D eigenvalue weighted by Crippen LogP contribution is 2.25. The van der Waals surface area contributed by atoms with Crippen LogP contribution in [0.5, 0.6) is 5.75 Å². The van der Waals surface area contributed by atoms with Gasteiger partial charge in [-0.2, -0.15) is 0 Å². The van der Waals surface area contributed by atoms with E-state index in [-0.39, 0.29) is 0 Å². The van der Waals surface area contributed by atoms with E-state index in [4.69, 9.17) is 16.3 Å². The fraction of sp³-hybridized carbons (Fsp3) is 0.222. The molecule has 21 heavy (non-hydrogen) atoms. The van der Waals surface area contributed by atoms with Crippen molar-refractivity contribution < 1.29 is 4.74 Å². The standard InChI is InChI=1S/C18H18ClNO/c1-13(2)20-16(11-14-5-3-4-6-18(14)20)12-21-17-9-7-15(19)8-10-17/h3-11,13H,12H2,1-2H3. The summed E-state index contributed by atoms with van der Waals surface area (Å²) in [7, 11) is 0. The summed E-state index contributed by atoms with van der Waals surface area (Å²) in [4.78, 5) is 0. The van der Waals surface area contributed by atoms with Crippen molar-refractivity contribution in [1.29, 1.82) is 0 Å². The molecule has 3 heteroatoms. The molecule has 3 rings (SSSR count). The molecule has 0 spiro atoms. The van der Waals surface area contributed by atoms with Crippen molar-refractivity contribution in [2.75, 3.05) is 0 Å². The van der Waals surface area contributed by atoms with E-state index in [1.165, 1.54) is 16.6 Å². The Kier molecular flexibility index (Phi) is 3.89. The molecule has 0 aliphatic carbocycles. The highest BCUT2D eigenvalue weighted by Gasteiger charge is 2.11. The molecule has 0 aliphatic heterocycles. The van der Waals surface area contributed by atoms with E-state index < -0.39 is 0 Å². The van der Waals surface area contributed by atoms with Crippen molar-refractivity contribution in [1.82, 2.24) is 4.57 Å². The molecule has 0 unspecified atom stereocenters. The van der Waals surface area contributed by atoms with Gasteiger partial charge < -0.3 is 9.30 Å². The monoisotopic (exact) mass is 299 g/mol. The largest absolute Gasteiger partial charge is 0.487 e. The number of fused-ring (bicyclic) bond motifs is 1. The van der Waals surface area contributed by atoms with E-state index in [2.05, 4.69) is 48.7 Å². The minimum Gasteiger partial charge on any atom is -0.487 e. The zero-order valence-electron chi connectivity index (χ0n) is 12.2. The molecular weight excluding hydrogens is 282 g/mol. The Labute approximate surface area is 129 Å². The predicted octanol–water partition coefficient (Wildman–Crippen LogP) is 5.45. The van der Waals surface area contributed by atoms with Gasteiger partial charge in [-0.15, -0.1) is 0 Å². The van der Waals surface area contributed by atoms with Crippen LogP contribution < -0.4 is 4.74 Å². The minimum absolute atomic E-state index is 0.397. The Morgan fingerprint density at radius 1 is 1.05 bits per heavy atom. The fourth-order valence-corrected chi connectivity index (χ4v) is 2.77. The highest BCUT2D eigenvalue weighted by molar-refractivity contribution is 6.30. The van der Waals surface area contributed by atoms with Crippen LogP contribution in [0.25, 0.3) is 10.9 Å². The molecule has 0 saturated heterocycles. The first-order chi connectivity index (χ1) is 10.1. The van der Waals surface area contributed by atoms with Crippen LogP contribution in [0.4, 0.5) is 0 Å². The van der Waals surface area contributed by atoms with Crippen molar-refractivity contribution in [3.63, 3.8) is 0 Å². The van der Waals surface area contributed by atoms with Crippen LogP contribution in [0.2, 0.25) is 5.02 Å². The number of benzene rings is 2. The van der Waals surface area contributed by atoms with Gasteiger partial charge in [-0.05, 0) is 55.6 Å². The second-order valence-electron chi connectivity index (χ2n) is 5.40. The topological polar surface area (TPSA) is 14.2 Å². The van der Waals surface area contributed by atoms with Crippen LogP contribution in [-0.4, -0.2) is 4.57 Å². The van der Waals surface area contributed by atoms with Crippen molar-refractivity contribution in [3.8, 4) is 5.75 Å². The van der Waals surface area contributed by atoms with E-state index in [0.29, 0.717) is 12.6 Å². The average molecular weight is 300 g/mol. The van der Waals surface area contributed by atoms with Crippen LogP contribution in [0, 0.1) is 0 Å². The average Bonchev–Trinajstić information content (AvgIpc) is 2.85. The summed E-state index contributed by atoms with van der Waals surface area (Å²) in [6, 6.07) is 18.5. The second kappa shape index (κ2) is 5.82. The van der Waals surface area contributed by atoms with E-state index in [1.807, 2.05) is 24.3 Å². The molecule has 0 amide bonds. The molecule has 0 aliphatic rings. The highest BCUT2D eigenvalue weighted by atomic mass is 35.5. The molecule has 2 aromatic carbocycles. The zero-order valence-corrected chi connectivity index (χ0v) is 13.0. The van der Waals surface area contributed by atoms with Crippen molar-refractivity contribution >= 4 is 22.5 Å². The second-order valence-corrected chi connectivity index (χ2v) is 5.84. The van der Waals surface area contributed by atoms with E-state index in [1.54, 1.807) is 0 Å². The fourth-order valence-electron chi connectivity index (χ4n) is 2.64. The molecule has 1 aromatic heterocycles. The Morgan fingerprint density at radius 3 is 2.48 bits per heavy atom. The van der Waals surface area contributed by atoms with Gasteiger partial charge in [-0.25, -0.2) is 0 Å². The molecule has 0 fully saturated rings. The Balaban J connectivity index is 1.89. The van der Waals surface area contributed by atoms with E-state index in [0.717, 1.165) is 10.8 Å². The number of aromatic nitrogens is 1. The summed E-state index contributed by atoms with van der Waals surface area (Å²) in [5, 5.41) is 1.97. The number of ether oxygens (including phenoxy) is 1. The maximum Gasteiger partial charge on any atom is 0.128 e. The summed E-state index contributed by atoms with van der Waals surface area (Å²) in [6.45, 7) is 4.94. The van der Waals surface area contributed by atoms with Crippen LogP contribution in [-0.2, 0) is 6.61 Å². The molecule has 0 bridgehead atoms. The third-order valence-corrected chi connectivity index (χ3v) is 3.80. The van der Waals surface area contributed by atoms with Gasteiger partial charge in [-0.3, -0.25) is 0 Å². The molecule has 3 aromatic rings. The maximum absolute atomic E-state index is 5.89. The maximum atomic E-state index is 5.89. The third kappa shape index (κ3) is 2.91. The lowest BCUT2D eigenvalue weighted by molar-refractivity contribution is 0.293. The van der Waals surface area contributed by atoms with Crippen LogP contribution >= 0.6 is 11.6 Å². The van der Waals surface area contributed by atoms with Gasteiger partial charge in [0, 0.05) is 16.6 Å². The minimum atomic E-state index is 0.397. The normalized spacial score (nSPS) is 11.2. The summed E-state index contributed by atoms with van der Waals surface area (Å²) in [6.07, 6.45) is 0. The van der Waals surface area contributed by atoms with Gasteiger partial charge in [0.25, 0.3) is 0 Å². The molecule has 2 nitrogen and oxygen atoms in total. The van der Waals surface area contributed by atoms with Gasteiger partial charge in [0.1, 0.15) is 12.4 Å². The van der Waals surface area contributed by atoms with Gasteiger partial charge >= 0.3 is 0 Å². The molecule has 0 N–H and O–H groups in total. The Bertz CT molecular complexity index is 744.